The average Bonchev–Trinajstić information content (AvgIpc) is 3.10. The number of nitrogens with one attached hydrogen (secondary N) is 1. The second kappa shape index (κ2) is 11.8. The van der Waals surface area contributed by atoms with Crippen LogP contribution in [0.25, 0.3) is 5.52 Å². The number of hydrogen-bond donors (Lipinski definition) is 1. The molecule has 4 heteroatoms. The number of rotatable bonds is 11. The van der Waals surface area contributed by atoms with E-state index in [1.807, 2.05) is 34.9 Å². The minimum Gasteiger partial charge on any atom is -0.317 e. The fourth-order valence-corrected chi connectivity index (χ4v) is 3.67. The summed E-state index contributed by atoms with van der Waals surface area (Å²) in [4.78, 5) is 13.3. The van der Waals surface area contributed by atoms with Crippen molar-refractivity contribution in [2.24, 2.45) is 0 Å². The maximum Gasteiger partial charge on any atom is 0.210 e. The molecule has 3 rings (SSSR count). The third kappa shape index (κ3) is 5.94. The van der Waals surface area contributed by atoms with Crippen molar-refractivity contribution in [1.29, 1.82) is 0 Å². The van der Waals surface area contributed by atoms with Crippen LogP contribution in [0, 0.1) is 0 Å². The molecule has 0 atom stereocenters. The van der Waals surface area contributed by atoms with Crippen molar-refractivity contribution in [1.82, 2.24) is 9.72 Å². The highest BCUT2D eigenvalue weighted by molar-refractivity contribution is 6.09. The Kier molecular flexibility index (Phi) is 9.43. The van der Waals surface area contributed by atoms with Crippen LogP contribution >= 0.6 is 12.4 Å². The Hall–Kier alpha value is -2.10. The van der Waals surface area contributed by atoms with Crippen molar-refractivity contribution in [3.05, 3.63) is 77.1 Å². The maximum absolute atomic E-state index is 13.3. The molecule has 0 bridgehead atoms. The smallest absolute Gasteiger partial charge is 0.210 e. The van der Waals surface area contributed by atoms with Crippen LogP contribution in [-0.4, -0.2) is 23.3 Å². The molecule has 0 unspecified atom stereocenters. The van der Waals surface area contributed by atoms with Gasteiger partial charge in [-0.25, -0.2) is 0 Å². The van der Waals surface area contributed by atoms with Crippen LogP contribution in [0.5, 0.6) is 0 Å². The number of aryl methyl sites for hydroxylation is 2. The van der Waals surface area contributed by atoms with Gasteiger partial charge in [-0.15, -0.1) is 12.4 Å². The van der Waals surface area contributed by atoms with Crippen LogP contribution in [0.4, 0.5) is 0 Å². The number of carbonyl (C=O) groups excluding carboxylic acids is 1. The molecular weight excluding hydrogens is 380 g/mol. The summed E-state index contributed by atoms with van der Waals surface area (Å²) in [5.41, 5.74) is 5.13. The molecule has 0 spiro atoms. The minimum absolute atomic E-state index is 0. The number of fused-ring (bicyclic) bond motifs is 1. The molecule has 3 aromatic rings. The number of carbonyl (C=O) groups is 1. The van der Waals surface area contributed by atoms with E-state index in [0.29, 0.717) is 0 Å². The van der Waals surface area contributed by atoms with Gasteiger partial charge in [0, 0.05) is 17.3 Å². The van der Waals surface area contributed by atoms with Gasteiger partial charge in [-0.2, -0.15) is 0 Å². The third-order valence-electron chi connectivity index (χ3n) is 5.24. The Morgan fingerprint density at radius 3 is 2.45 bits per heavy atom. The molecule has 0 saturated carbocycles. The Balaban J connectivity index is 0.00000300. The summed E-state index contributed by atoms with van der Waals surface area (Å²) in [6.07, 6.45) is 8.51. The topological polar surface area (TPSA) is 33.5 Å². The predicted molar refractivity (Wildman–Crippen MR) is 125 cm³/mol. The SMILES string of the molecule is CCCCc1cc2ccccn2c1C(=O)c1ccc(CCCNCCC)cc1.Cl. The molecule has 0 saturated heterocycles. The van der Waals surface area contributed by atoms with E-state index >= 15 is 0 Å². The Morgan fingerprint density at radius 1 is 0.931 bits per heavy atom. The van der Waals surface area contributed by atoms with E-state index in [0.717, 1.165) is 67.5 Å². The first-order chi connectivity index (χ1) is 13.7. The van der Waals surface area contributed by atoms with Gasteiger partial charge in [0.25, 0.3) is 0 Å². The van der Waals surface area contributed by atoms with Gasteiger partial charge >= 0.3 is 0 Å². The second-order valence-electron chi connectivity index (χ2n) is 7.50. The Labute approximate surface area is 180 Å². The van der Waals surface area contributed by atoms with Gasteiger partial charge in [0.05, 0.1) is 5.69 Å². The van der Waals surface area contributed by atoms with Crippen molar-refractivity contribution < 1.29 is 4.79 Å². The molecule has 156 valence electrons. The molecule has 3 nitrogen and oxygen atoms in total. The van der Waals surface area contributed by atoms with Crippen LogP contribution in [0.1, 0.15) is 66.7 Å². The molecule has 2 heterocycles. The van der Waals surface area contributed by atoms with Crippen LogP contribution in [-0.2, 0) is 12.8 Å². The van der Waals surface area contributed by atoms with E-state index in [-0.39, 0.29) is 18.2 Å². The number of aromatic nitrogens is 1. The number of ketones is 1. The summed E-state index contributed by atoms with van der Waals surface area (Å²) in [5.74, 6) is 0.119. The van der Waals surface area contributed by atoms with E-state index in [9.17, 15) is 4.79 Å². The molecule has 29 heavy (non-hydrogen) atoms. The minimum atomic E-state index is 0. The number of halogens is 1. The zero-order valence-corrected chi connectivity index (χ0v) is 18.4. The number of unbranched alkanes of at least 4 members (excludes halogenated alkanes) is 1. The maximum atomic E-state index is 13.3. The quantitative estimate of drug-likeness (QED) is 0.315. The molecule has 0 aliphatic carbocycles. The summed E-state index contributed by atoms with van der Waals surface area (Å²) in [6, 6.07) is 16.4. The Morgan fingerprint density at radius 2 is 1.72 bits per heavy atom. The molecule has 0 radical (unpaired) electrons. The van der Waals surface area contributed by atoms with Crippen LogP contribution in [0.2, 0.25) is 0 Å². The van der Waals surface area contributed by atoms with Crippen molar-refractivity contribution in [2.45, 2.75) is 52.4 Å². The molecule has 1 aromatic carbocycles. The summed E-state index contributed by atoms with van der Waals surface area (Å²) in [5, 5.41) is 3.44. The summed E-state index contributed by atoms with van der Waals surface area (Å²) < 4.78 is 2.04. The van der Waals surface area contributed by atoms with Gasteiger partial charge in [0.2, 0.25) is 5.78 Å². The number of nitrogens with zero attached hydrogens (tertiary/aromatic N) is 1. The van der Waals surface area contributed by atoms with Crippen molar-refractivity contribution in [3.63, 3.8) is 0 Å². The molecular formula is C25H33ClN2O. The van der Waals surface area contributed by atoms with E-state index in [1.165, 1.54) is 12.0 Å². The standard InChI is InChI=1S/C25H32N2O.ClH/c1-3-5-10-22-19-23-11-6-7-18-27(23)24(22)25(28)21-14-12-20(13-15-21)9-8-17-26-16-4-2;/h6-7,11-15,18-19,26H,3-5,8-10,16-17H2,1-2H3;1H. The lowest BCUT2D eigenvalue weighted by molar-refractivity contribution is 0.103. The van der Waals surface area contributed by atoms with E-state index in [4.69, 9.17) is 0 Å². The highest BCUT2D eigenvalue weighted by Crippen LogP contribution is 2.22. The molecule has 0 aliphatic heterocycles. The van der Waals surface area contributed by atoms with Gasteiger partial charge < -0.3 is 9.72 Å². The first kappa shape index (κ1) is 23.2. The van der Waals surface area contributed by atoms with Gasteiger partial charge in [-0.05, 0) is 74.5 Å². The lowest BCUT2D eigenvalue weighted by Gasteiger charge is -2.08. The van der Waals surface area contributed by atoms with Gasteiger partial charge in [0.15, 0.2) is 0 Å². The second-order valence-corrected chi connectivity index (χ2v) is 7.50. The van der Waals surface area contributed by atoms with Crippen LogP contribution < -0.4 is 5.32 Å². The lowest BCUT2D eigenvalue weighted by Crippen LogP contribution is -2.16. The summed E-state index contributed by atoms with van der Waals surface area (Å²) in [6.45, 7) is 6.50. The largest absolute Gasteiger partial charge is 0.317 e. The number of benzene rings is 1. The highest BCUT2D eigenvalue weighted by Gasteiger charge is 2.18. The Bertz CT molecular complexity index is 899. The summed E-state index contributed by atoms with van der Waals surface area (Å²) in [7, 11) is 0. The van der Waals surface area contributed by atoms with Gasteiger partial charge in [0.1, 0.15) is 0 Å². The lowest BCUT2D eigenvalue weighted by atomic mass is 10.00. The summed E-state index contributed by atoms with van der Waals surface area (Å²) >= 11 is 0. The third-order valence-corrected chi connectivity index (χ3v) is 5.24. The average molecular weight is 413 g/mol. The first-order valence-electron chi connectivity index (χ1n) is 10.7. The number of pyridine rings is 1. The predicted octanol–water partition coefficient (Wildman–Crippen LogP) is 5.87. The highest BCUT2D eigenvalue weighted by atomic mass is 35.5. The molecule has 0 aliphatic rings. The molecule has 0 amide bonds. The first-order valence-corrected chi connectivity index (χ1v) is 10.7. The molecule has 1 N–H and O–H groups in total. The molecule has 0 fully saturated rings. The van der Waals surface area contributed by atoms with E-state index in [2.05, 4.69) is 43.4 Å². The van der Waals surface area contributed by atoms with E-state index < -0.39 is 0 Å². The van der Waals surface area contributed by atoms with Crippen LogP contribution in [0.3, 0.4) is 0 Å². The van der Waals surface area contributed by atoms with Crippen molar-refractivity contribution in [2.75, 3.05) is 13.1 Å². The van der Waals surface area contributed by atoms with Gasteiger partial charge in [-0.3, -0.25) is 4.79 Å². The van der Waals surface area contributed by atoms with Crippen LogP contribution in [0.15, 0.2) is 54.7 Å². The van der Waals surface area contributed by atoms with Crippen molar-refractivity contribution >= 4 is 23.7 Å². The normalized spacial score (nSPS) is 10.8. The van der Waals surface area contributed by atoms with E-state index in [1.54, 1.807) is 0 Å². The monoisotopic (exact) mass is 412 g/mol. The zero-order valence-electron chi connectivity index (χ0n) is 17.6. The number of hydrogen-bond acceptors (Lipinski definition) is 2. The molecule has 2 aromatic heterocycles. The fourth-order valence-electron chi connectivity index (χ4n) is 3.67. The fraction of sp³-hybridized carbons (Fsp3) is 0.400. The van der Waals surface area contributed by atoms with Gasteiger partial charge in [-0.1, -0.05) is 50.6 Å². The van der Waals surface area contributed by atoms with Crippen molar-refractivity contribution in [3.8, 4) is 0 Å². The zero-order chi connectivity index (χ0) is 19.8.